The van der Waals surface area contributed by atoms with Crippen LogP contribution in [0.3, 0.4) is 0 Å². The molecule has 5 nitrogen and oxygen atoms in total. The standard InChI is InChI=1S/C14H13NO4/c1-8-6-9(14(18)19)2-4-11(8)15-12-7-10(16)3-5-13(12)17/h2-7,15-17H,1H3,(H,18,19). The molecular weight excluding hydrogens is 246 g/mol. The summed E-state index contributed by atoms with van der Waals surface area (Å²) in [7, 11) is 0. The zero-order valence-corrected chi connectivity index (χ0v) is 10.2. The lowest BCUT2D eigenvalue weighted by molar-refractivity contribution is 0.0697. The van der Waals surface area contributed by atoms with E-state index in [2.05, 4.69) is 5.32 Å². The van der Waals surface area contributed by atoms with E-state index in [1.165, 1.54) is 30.3 Å². The number of carboxylic acid groups (broad SMARTS) is 1. The molecule has 0 heterocycles. The van der Waals surface area contributed by atoms with Crippen LogP contribution in [0.5, 0.6) is 11.5 Å². The highest BCUT2D eigenvalue weighted by Gasteiger charge is 2.08. The molecule has 0 saturated carbocycles. The van der Waals surface area contributed by atoms with Crippen LogP contribution in [0.4, 0.5) is 11.4 Å². The monoisotopic (exact) mass is 259 g/mol. The minimum Gasteiger partial charge on any atom is -0.508 e. The van der Waals surface area contributed by atoms with Gasteiger partial charge in [0, 0.05) is 11.8 Å². The number of carboxylic acids is 1. The fourth-order valence-electron chi connectivity index (χ4n) is 1.71. The van der Waals surface area contributed by atoms with E-state index in [-0.39, 0.29) is 17.1 Å². The number of hydrogen-bond acceptors (Lipinski definition) is 4. The van der Waals surface area contributed by atoms with Gasteiger partial charge in [-0.2, -0.15) is 0 Å². The number of aryl methyl sites for hydroxylation is 1. The first-order valence-electron chi connectivity index (χ1n) is 5.60. The quantitative estimate of drug-likeness (QED) is 0.502. The summed E-state index contributed by atoms with van der Waals surface area (Å²) in [6.07, 6.45) is 0. The number of hydrogen-bond donors (Lipinski definition) is 4. The summed E-state index contributed by atoms with van der Waals surface area (Å²) in [6, 6.07) is 8.75. The Morgan fingerprint density at radius 3 is 2.42 bits per heavy atom. The highest BCUT2D eigenvalue weighted by atomic mass is 16.4. The molecule has 0 fully saturated rings. The van der Waals surface area contributed by atoms with Gasteiger partial charge >= 0.3 is 5.97 Å². The van der Waals surface area contributed by atoms with Gasteiger partial charge in [-0.15, -0.1) is 0 Å². The van der Waals surface area contributed by atoms with Crippen molar-refractivity contribution in [1.82, 2.24) is 0 Å². The molecule has 0 spiro atoms. The lowest BCUT2D eigenvalue weighted by Gasteiger charge is -2.12. The molecule has 19 heavy (non-hydrogen) atoms. The Balaban J connectivity index is 2.33. The van der Waals surface area contributed by atoms with E-state index in [1.54, 1.807) is 13.0 Å². The van der Waals surface area contributed by atoms with Crippen LogP contribution in [-0.2, 0) is 0 Å². The van der Waals surface area contributed by atoms with Crippen molar-refractivity contribution >= 4 is 17.3 Å². The number of phenols is 2. The Morgan fingerprint density at radius 2 is 1.79 bits per heavy atom. The van der Waals surface area contributed by atoms with Crippen molar-refractivity contribution in [2.45, 2.75) is 6.92 Å². The number of benzene rings is 2. The number of aromatic hydroxyl groups is 2. The molecule has 4 N–H and O–H groups in total. The minimum absolute atomic E-state index is 0.000453. The molecule has 0 aromatic heterocycles. The van der Waals surface area contributed by atoms with Crippen molar-refractivity contribution in [3.8, 4) is 11.5 Å². The van der Waals surface area contributed by atoms with Crippen LogP contribution >= 0.6 is 0 Å². The highest BCUT2D eigenvalue weighted by Crippen LogP contribution is 2.31. The van der Waals surface area contributed by atoms with E-state index in [0.29, 0.717) is 11.4 Å². The Morgan fingerprint density at radius 1 is 1.05 bits per heavy atom. The Hall–Kier alpha value is -2.69. The van der Waals surface area contributed by atoms with Crippen molar-refractivity contribution in [3.05, 3.63) is 47.5 Å². The van der Waals surface area contributed by atoms with Crippen molar-refractivity contribution in [3.63, 3.8) is 0 Å². The summed E-state index contributed by atoms with van der Waals surface area (Å²) in [5.41, 5.74) is 1.93. The van der Waals surface area contributed by atoms with Gasteiger partial charge in [-0.25, -0.2) is 4.79 Å². The average molecular weight is 259 g/mol. The SMILES string of the molecule is Cc1cc(C(=O)O)ccc1Nc1cc(O)ccc1O. The molecule has 0 saturated heterocycles. The fraction of sp³-hybridized carbons (Fsp3) is 0.0714. The van der Waals surface area contributed by atoms with E-state index in [9.17, 15) is 15.0 Å². The number of aromatic carboxylic acids is 1. The predicted molar refractivity (Wildman–Crippen MR) is 71.2 cm³/mol. The van der Waals surface area contributed by atoms with Crippen LogP contribution in [0.25, 0.3) is 0 Å². The maximum atomic E-state index is 10.8. The molecule has 5 heteroatoms. The summed E-state index contributed by atoms with van der Waals surface area (Å²) in [6.45, 7) is 1.76. The van der Waals surface area contributed by atoms with Gasteiger partial charge in [-0.3, -0.25) is 0 Å². The van der Waals surface area contributed by atoms with Gasteiger partial charge in [0.2, 0.25) is 0 Å². The van der Waals surface area contributed by atoms with E-state index >= 15 is 0 Å². The van der Waals surface area contributed by atoms with Crippen LogP contribution in [0.2, 0.25) is 0 Å². The van der Waals surface area contributed by atoms with Crippen molar-refractivity contribution in [2.24, 2.45) is 0 Å². The molecule has 2 aromatic carbocycles. The van der Waals surface area contributed by atoms with Gasteiger partial charge in [0.25, 0.3) is 0 Å². The van der Waals surface area contributed by atoms with Crippen LogP contribution in [0.15, 0.2) is 36.4 Å². The normalized spacial score (nSPS) is 10.2. The Labute approximate surface area is 109 Å². The topological polar surface area (TPSA) is 89.8 Å². The molecule has 0 atom stereocenters. The molecule has 0 radical (unpaired) electrons. The zero-order valence-electron chi connectivity index (χ0n) is 10.2. The third-order valence-electron chi connectivity index (χ3n) is 2.72. The number of anilines is 2. The van der Waals surface area contributed by atoms with Crippen LogP contribution in [0.1, 0.15) is 15.9 Å². The number of nitrogens with one attached hydrogen (secondary N) is 1. The molecular formula is C14H13NO4. The van der Waals surface area contributed by atoms with E-state index < -0.39 is 5.97 Å². The molecule has 0 unspecified atom stereocenters. The number of phenolic OH excluding ortho intramolecular Hbond substituents is 2. The molecule has 2 aromatic rings. The largest absolute Gasteiger partial charge is 0.508 e. The number of carbonyl (C=O) groups is 1. The minimum atomic E-state index is -0.991. The molecule has 0 aliphatic heterocycles. The molecule has 0 aliphatic carbocycles. The first kappa shape index (κ1) is 12.8. The second-order valence-electron chi connectivity index (χ2n) is 4.16. The molecule has 98 valence electrons. The maximum absolute atomic E-state index is 10.8. The fourth-order valence-corrected chi connectivity index (χ4v) is 1.71. The first-order chi connectivity index (χ1) is 8.97. The molecule has 0 aliphatic rings. The van der Waals surface area contributed by atoms with Gasteiger partial charge in [-0.1, -0.05) is 0 Å². The van der Waals surface area contributed by atoms with Gasteiger partial charge in [0.15, 0.2) is 0 Å². The second-order valence-corrected chi connectivity index (χ2v) is 4.16. The second kappa shape index (κ2) is 4.89. The summed E-state index contributed by atoms with van der Waals surface area (Å²) >= 11 is 0. The lowest BCUT2D eigenvalue weighted by atomic mass is 10.1. The lowest BCUT2D eigenvalue weighted by Crippen LogP contribution is -1.99. The van der Waals surface area contributed by atoms with Crippen molar-refractivity contribution in [2.75, 3.05) is 5.32 Å². The zero-order chi connectivity index (χ0) is 14.0. The molecule has 0 bridgehead atoms. The smallest absolute Gasteiger partial charge is 0.335 e. The van der Waals surface area contributed by atoms with Crippen LogP contribution in [-0.4, -0.2) is 21.3 Å². The highest BCUT2D eigenvalue weighted by molar-refractivity contribution is 5.88. The third-order valence-corrected chi connectivity index (χ3v) is 2.72. The van der Waals surface area contributed by atoms with Gasteiger partial charge < -0.3 is 20.6 Å². The van der Waals surface area contributed by atoms with E-state index in [4.69, 9.17) is 5.11 Å². The van der Waals surface area contributed by atoms with Crippen molar-refractivity contribution < 1.29 is 20.1 Å². The van der Waals surface area contributed by atoms with Crippen LogP contribution < -0.4 is 5.32 Å². The predicted octanol–water partition coefficient (Wildman–Crippen LogP) is 2.85. The molecule has 0 amide bonds. The molecule has 2 rings (SSSR count). The van der Waals surface area contributed by atoms with Gasteiger partial charge in [0.1, 0.15) is 11.5 Å². The average Bonchev–Trinajstić information content (AvgIpc) is 2.36. The third kappa shape index (κ3) is 2.77. The Bertz CT molecular complexity index is 637. The summed E-state index contributed by atoms with van der Waals surface area (Å²) in [5.74, 6) is -0.963. The van der Waals surface area contributed by atoms with Crippen LogP contribution in [0, 0.1) is 6.92 Å². The van der Waals surface area contributed by atoms with E-state index in [1.807, 2.05) is 0 Å². The van der Waals surface area contributed by atoms with Crippen molar-refractivity contribution in [1.29, 1.82) is 0 Å². The summed E-state index contributed by atoms with van der Waals surface area (Å²) < 4.78 is 0. The van der Waals surface area contributed by atoms with E-state index in [0.717, 1.165) is 5.56 Å². The maximum Gasteiger partial charge on any atom is 0.335 e. The first-order valence-corrected chi connectivity index (χ1v) is 5.60. The summed E-state index contributed by atoms with van der Waals surface area (Å²) in [5, 5.41) is 30.9. The summed E-state index contributed by atoms with van der Waals surface area (Å²) in [4.78, 5) is 10.8. The van der Waals surface area contributed by atoms with Gasteiger partial charge in [-0.05, 0) is 42.8 Å². The Kier molecular flexibility index (Phi) is 3.29. The number of rotatable bonds is 3. The van der Waals surface area contributed by atoms with Gasteiger partial charge in [0.05, 0.1) is 11.3 Å².